The van der Waals surface area contributed by atoms with Gasteiger partial charge in [-0.3, -0.25) is 0 Å². The average molecular weight is 318 g/mol. The molecule has 0 fully saturated rings. The number of hydrogen-bond donors (Lipinski definition) is 0. The highest BCUT2D eigenvalue weighted by Crippen LogP contribution is 2.34. The molecular weight excluding hydrogens is 308 g/mol. The van der Waals surface area contributed by atoms with E-state index in [1.807, 2.05) is 30.3 Å². The van der Waals surface area contributed by atoms with Crippen molar-refractivity contribution in [3.63, 3.8) is 0 Å². The lowest BCUT2D eigenvalue weighted by Crippen LogP contribution is -1.91. The molecule has 1 aromatic carbocycles. The second-order valence-corrected chi connectivity index (χ2v) is 6.05. The third-order valence-corrected chi connectivity index (χ3v) is 4.32. The van der Waals surface area contributed by atoms with Crippen molar-refractivity contribution in [1.82, 2.24) is 0 Å². The van der Waals surface area contributed by atoms with E-state index < -0.39 is 0 Å². The summed E-state index contributed by atoms with van der Waals surface area (Å²) in [5.74, 6) is 0.846. The van der Waals surface area contributed by atoms with Gasteiger partial charge in [0.1, 0.15) is 5.75 Å². The molecule has 2 rings (SSSR count). The van der Waals surface area contributed by atoms with E-state index in [-0.39, 0.29) is 5.38 Å². The summed E-state index contributed by atoms with van der Waals surface area (Å²) in [6.45, 7) is 0. The fourth-order valence-corrected chi connectivity index (χ4v) is 2.97. The highest BCUT2D eigenvalue weighted by molar-refractivity contribution is 9.11. The Labute approximate surface area is 112 Å². The summed E-state index contributed by atoms with van der Waals surface area (Å²) in [7, 11) is 1.66. The first-order valence-corrected chi connectivity index (χ1v) is 6.83. The zero-order valence-electron chi connectivity index (χ0n) is 8.61. The molecule has 1 atom stereocenters. The molecule has 0 spiro atoms. The smallest absolute Gasteiger partial charge is 0.118 e. The molecule has 1 aromatic heterocycles. The minimum absolute atomic E-state index is 0.103. The van der Waals surface area contributed by atoms with Crippen molar-refractivity contribution in [1.29, 1.82) is 0 Å². The molecule has 0 saturated heterocycles. The van der Waals surface area contributed by atoms with Crippen molar-refractivity contribution >= 4 is 38.9 Å². The van der Waals surface area contributed by atoms with Gasteiger partial charge in [-0.2, -0.15) is 0 Å². The van der Waals surface area contributed by atoms with Crippen LogP contribution < -0.4 is 4.74 Å². The molecule has 1 unspecified atom stereocenters. The zero-order valence-corrected chi connectivity index (χ0v) is 11.8. The predicted octanol–water partition coefficient (Wildman–Crippen LogP) is 4.85. The van der Waals surface area contributed by atoms with Crippen molar-refractivity contribution in [3.8, 4) is 5.75 Å². The number of ether oxygens (including phenoxy) is 1. The van der Waals surface area contributed by atoms with E-state index in [1.165, 1.54) is 0 Å². The quantitative estimate of drug-likeness (QED) is 0.736. The first-order valence-electron chi connectivity index (χ1n) is 4.72. The van der Waals surface area contributed by atoms with Gasteiger partial charge in [0, 0.05) is 0 Å². The molecule has 0 aliphatic carbocycles. The Hall–Kier alpha value is -0.510. The largest absolute Gasteiger partial charge is 0.497 e. The fourth-order valence-electron chi connectivity index (χ4n) is 1.42. The van der Waals surface area contributed by atoms with Crippen LogP contribution in [0.5, 0.6) is 5.75 Å². The fraction of sp³-hybridized carbons (Fsp3) is 0.167. The van der Waals surface area contributed by atoms with E-state index in [0.29, 0.717) is 0 Å². The summed E-state index contributed by atoms with van der Waals surface area (Å²) in [6, 6.07) is 9.87. The van der Waals surface area contributed by atoms with Gasteiger partial charge in [0.05, 0.1) is 16.3 Å². The second kappa shape index (κ2) is 5.21. The zero-order chi connectivity index (χ0) is 11.5. The number of benzene rings is 1. The van der Waals surface area contributed by atoms with Gasteiger partial charge in [-0.05, 0) is 50.6 Å². The molecule has 1 heterocycles. The summed E-state index contributed by atoms with van der Waals surface area (Å²) in [6.07, 6.45) is 0. The molecule has 16 heavy (non-hydrogen) atoms. The lowest BCUT2D eigenvalue weighted by Gasteiger charge is -2.08. The van der Waals surface area contributed by atoms with E-state index in [9.17, 15) is 0 Å². The number of hydrogen-bond acceptors (Lipinski definition) is 2. The van der Waals surface area contributed by atoms with Gasteiger partial charge in [0.25, 0.3) is 0 Å². The van der Waals surface area contributed by atoms with Crippen LogP contribution in [0.4, 0.5) is 0 Å². The SMILES string of the molecule is COc1ccc(C(Cl)c2csc(Br)c2)cc1. The van der Waals surface area contributed by atoms with E-state index in [2.05, 4.69) is 21.3 Å². The Morgan fingerprint density at radius 1 is 1.25 bits per heavy atom. The lowest BCUT2D eigenvalue weighted by atomic mass is 10.1. The second-order valence-electron chi connectivity index (χ2n) is 3.32. The molecule has 0 N–H and O–H groups in total. The monoisotopic (exact) mass is 316 g/mol. The van der Waals surface area contributed by atoms with Gasteiger partial charge in [0.2, 0.25) is 0 Å². The number of thiophene rings is 1. The van der Waals surface area contributed by atoms with Crippen LogP contribution >= 0.6 is 38.9 Å². The highest BCUT2D eigenvalue weighted by Gasteiger charge is 2.12. The molecule has 0 radical (unpaired) electrons. The van der Waals surface area contributed by atoms with Crippen LogP contribution in [0.2, 0.25) is 0 Å². The summed E-state index contributed by atoms with van der Waals surface area (Å²) in [5, 5.41) is 1.96. The number of halogens is 2. The van der Waals surface area contributed by atoms with Crippen LogP contribution in [-0.2, 0) is 0 Å². The van der Waals surface area contributed by atoms with Crippen LogP contribution in [0.3, 0.4) is 0 Å². The molecule has 4 heteroatoms. The number of methoxy groups -OCH3 is 1. The molecule has 0 aliphatic rings. The number of alkyl halides is 1. The molecule has 1 nitrogen and oxygen atoms in total. The van der Waals surface area contributed by atoms with E-state index in [1.54, 1.807) is 18.4 Å². The summed E-state index contributed by atoms with van der Waals surface area (Å²) in [5.41, 5.74) is 2.19. The molecule has 0 bridgehead atoms. The van der Waals surface area contributed by atoms with Crippen molar-refractivity contribution in [2.75, 3.05) is 7.11 Å². The standard InChI is InChI=1S/C12H10BrClOS/c1-15-10-4-2-8(3-5-10)12(14)9-6-11(13)16-7-9/h2-7,12H,1H3. The first kappa shape index (κ1) is 12.0. The summed E-state index contributed by atoms with van der Waals surface area (Å²) >= 11 is 11.5. The Bertz CT molecular complexity index is 466. The molecule has 2 aromatic rings. The van der Waals surface area contributed by atoms with Crippen molar-refractivity contribution < 1.29 is 4.74 Å². The Morgan fingerprint density at radius 3 is 2.44 bits per heavy atom. The lowest BCUT2D eigenvalue weighted by molar-refractivity contribution is 0.414. The van der Waals surface area contributed by atoms with Crippen molar-refractivity contribution in [2.45, 2.75) is 5.38 Å². The summed E-state index contributed by atoms with van der Waals surface area (Å²) in [4.78, 5) is 0. The van der Waals surface area contributed by atoms with E-state index >= 15 is 0 Å². The molecule has 0 aliphatic heterocycles. The maximum Gasteiger partial charge on any atom is 0.118 e. The molecule has 0 saturated carbocycles. The molecule has 0 amide bonds. The van der Waals surface area contributed by atoms with E-state index in [4.69, 9.17) is 16.3 Å². The molecule has 84 valence electrons. The van der Waals surface area contributed by atoms with Crippen LogP contribution in [-0.4, -0.2) is 7.11 Å². The average Bonchev–Trinajstić information content (AvgIpc) is 2.75. The Morgan fingerprint density at radius 2 is 1.94 bits per heavy atom. The number of rotatable bonds is 3. The van der Waals surface area contributed by atoms with Gasteiger partial charge in [-0.25, -0.2) is 0 Å². The minimum Gasteiger partial charge on any atom is -0.497 e. The van der Waals surface area contributed by atoms with Crippen LogP contribution in [0.1, 0.15) is 16.5 Å². The van der Waals surface area contributed by atoms with E-state index in [0.717, 1.165) is 20.7 Å². The Balaban J connectivity index is 2.23. The van der Waals surface area contributed by atoms with Gasteiger partial charge < -0.3 is 4.74 Å². The van der Waals surface area contributed by atoms with Gasteiger partial charge >= 0.3 is 0 Å². The third kappa shape index (κ3) is 2.59. The van der Waals surface area contributed by atoms with Gasteiger partial charge in [0.15, 0.2) is 0 Å². The maximum atomic E-state index is 6.39. The first-order chi connectivity index (χ1) is 7.70. The minimum atomic E-state index is -0.103. The molecular formula is C12H10BrClOS. The maximum absolute atomic E-state index is 6.39. The summed E-state index contributed by atoms with van der Waals surface area (Å²) < 4.78 is 6.21. The predicted molar refractivity (Wildman–Crippen MR) is 72.7 cm³/mol. The van der Waals surface area contributed by atoms with Crippen LogP contribution in [0.15, 0.2) is 39.5 Å². The van der Waals surface area contributed by atoms with Gasteiger partial charge in [-0.1, -0.05) is 12.1 Å². The topological polar surface area (TPSA) is 9.23 Å². The Kier molecular flexibility index (Phi) is 3.90. The highest BCUT2D eigenvalue weighted by atomic mass is 79.9. The third-order valence-electron chi connectivity index (χ3n) is 2.29. The van der Waals surface area contributed by atoms with Crippen molar-refractivity contribution in [3.05, 3.63) is 50.6 Å². The van der Waals surface area contributed by atoms with Crippen LogP contribution in [0.25, 0.3) is 0 Å². The normalized spacial score (nSPS) is 12.4. The van der Waals surface area contributed by atoms with Crippen LogP contribution in [0, 0.1) is 0 Å². The van der Waals surface area contributed by atoms with Gasteiger partial charge in [-0.15, -0.1) is 22.9 Å². The van der Waals surface area contributed by atoms with Crippen molar-refractivity contribution in [2.24, 2.45) is 0 Å².